The van der Waals surface area contributed by atoms with E-state index < -0.39 is 5.97 Å². The number of carboxylic acids is 1. The summed E-state index contributed by atoms with van der Waals surface area (Å²) in [5.41, 5.74) is 3.90. The lowest BCUT2D eigenvalue weighted by atomic mass is 10.2. The lowest BCUT2D eigenvalue weighted by molar-refractivity contribution is -0.115. The summed E-state index contributed by atoms with van der Waals surface area (Å²) < 4.78 is 15.0. The second kappa shape index (κ2) is 8.64. The summed E-state index contributed by atoms with van der Waals surface area (Å²) in [6, 6.07) is 12.4. The predicted octanol–water partition coefficient (Wildman–Crippen LogP) is 5.48. The van der Waals surface area contributed by atoms with E-state index in [2.05, 4.69) is 10.3 Å². The maximum Gasteiger partial charge on any atom is 0.337 e. The van der Waals surface area contributed by atoms with E-state index in [0.717, 1.165) is 22.6 Å². The topological polar surface area (TPSA) is 83.7 Å². The molecule has 3 aromatic rings. The first-order valence-corrected chi connectivity index (χ1v) is 10.7. The van der Waals surface area contributed by atoms with Gasteiger partial charge in [-0.05, 0) is 85.8 Å². The number of aliphatic imine (C=N–C) groups is 1. The Hall–Kier alpha value is -3.36. The number of benzene rings is 2. The number of carbonyl (C=O) groups excluding carboxylic acids is 1. The maximum atomic E-state index is 13.1. The summed E-state index contributed by atoms with van der Waals surface area (Å²) in [6.07, 6.45) is 1.78. The third-order valence-corrected chi connectivity index (χ3v) is 6.13. The average Bonchev–Trinajstić information content (AvgIpc) is 3.21. The second-order valence-corrected chi connectivity index (χ2v) is 8.53. The summed E-state index contributed by atoms with van der Waals surface area (Å²) in [7, 11) is 0. The van der Waals surface area contributed by atoms with Crippen LogP contribution in [-0.2, 0) is 4.79 Å². The highest BCUT2D eigenvalue weighted by atomic mass is 35.5. The van der Waals surface area contributed by atoms with E-state index in [-0.39, 0.29) is 22.3 Å². The first-order chi connectivity index (χ1) is 15.2. The number of nitrogens with one attached hydrogen (secondary N) is 1. The molecule has 1 amide bonds. The van der Waals surface area contributed by atoms with Crippen molar-refractivity contribution in [2.45, 2.75) is 13.8 Å². The Morgan fingerprint density at radius 3 is 2.56 bits per heavy atom. The summed E-state index contributed by atoms with van der Waals surface area (Å²) in [5, 5.41) is 12.5. The highest BCUT2D eigenvalue weighted by Crippen LogP contribution is 2.31. The van der Waals surface area contributed by atoms with Crippen molar-refractivity contribution in [1.82, 2.24) is 9.88 Å². The van der Waals surface area contributed by atoms with Crippen LogP contribution in [0.4, 0.5) is 10.1 Å². The molecule has 32 heavy (non-hydrogen) atoms. The number of rotatable bonds is 4. The van der Waals surface area contributed by atoms with Crippen LogP contribution in [0, 0.1) is 19.7 Å². The molecule has 1 fully saturated rings. The third-order valence-electron chi connectivity index (χ3n) is 4.91. The molecule has 0 saturated carbocycles. The number of amides is 1. The van der Waals surface area contributed by atoms with Gasteiger partial charge < -0.3 is 15.0 Å². The molecule has 1 aromatic heterocycles. The van der Waals surface area contributed by atoms with Crippen molar-refractivity contribution in [2.75, 3.05) is 0 Å². The highest BCUT2D eigenvalue weighted by Gasteiger charge is 2.24. The zero-order chi connectivity index (χ0) is 23.0. The molecule has 2 aromatic carbocycles. The zero-order valence-corrected chi connectivity index (χ0v) is 18.6. The molecule has 4 rings (SSSR count). The molecule has 0 atom stereocenters. The van der Waals surface area contributed by atoms with Crippen LogP contribution >= 0.6 is 23.4 Å². The van der Waals surface area contributed by atoms with E-state index in [1.54, 1.807) is 18.2 Å². The fourth-order valence-corrected chi connectivity index (χ4v) is 4.49. The monoisotopic (exact) mass is 469 g/mol. The van der Waals surface area contributed by atoms with Gasteiger partial charge in [-0.25, -0.2) is 14.2 Å². The van der Waals surface area contributed by atoms with Gasteiger partial charge in [0.15, 0.2) is 5.17 Å². The van der Waals surface area contributed by atoms with Crippen molar-refractivity contribution in [3.63, 3.8) is 0 Å². The van der Waals surface area contributed by atoms with Crippen molar-refractivity contribution in [1.29, 1.82) is 0 Å². The number of aromatic nitrogens is 1. The standard InChI is InChI=1S/C23H17ClFN3O3S/c1-12-9-14(13(2)28(12)17-7-8-18(22(30)31)19(24)11-17)10-20-21(29)27-23(32-20)26-16-5-3-15(25)4-6-16/h3-11H,1-2H3,(H,30,31)(H,26,27,29)/b20-10-. The van der Waals surface area contributed by atoms with Gasteiger partial charge in [-0.15, -0.1) is 0 Å². The Labute approximate surface area is 192 Å². The van der Waals surface area contributed by atoms with Crippen molar-refractivity contribution in [2.24, 2.45) is 4.99 Å². The first kappa shape index (κ1) is 21.9. The quantitative estimate of drug-likeness (QED) is 0.496. The number of amidine groups is 1. The van der Waals surface area contributed by atoms with E-state index in [4.69, 9.17) is 11.6 Å². The molecule has 0 radical (unpaired) electrons. The van der Waals surface area contributed by atoms with Crippen molar-refractivity contribution in [3.8, 4) is 5.69 Å². The van der Waals surface area contributed by atoms with Gasteiger partial charge in [-0.1, -0.05) is 11.6 Å². The second-order valence-electron chi connectivity index (χ2n) is 7.09. The Kier molecular flexibility index (Phi) is 5.90. The molecule has 0 spiro atoms. The molecule has 0 unspecified atom stereocenters. The van der Waals surface area contributed by atoms with Gasteiger partial charge in [-0.2, -0.15) is 0 Å². The number of carboxylic acid groups (broad SMARTS) is 1. The van der Waals surface area contributed by atoms with E-state index in [1.807, 2.05) is 24.5 Å². The SMILES string of the molecule is Cc1cc(/C=C2\SC(=Nc3ccc(F)cc3)NC2=O)c(C)n1-c1ccc(C(=O)O)c(Cl)c1. The van der Waals surface area contributed by atoms with Gasteiger partial charge in [-0.3, -0.25) is 4.79 Å². The fraction of sp³-hybridized carbons (Fsp3) is 0.0870. The molecule has 0 aliphatic carbocycles. The molecule has 6 nitrogen and oxygen atoms in total. The van der Waals surface area contributed by atoms with E-state index in [1.165, 1.54) is 42.1 Å². The maximum absolute atomic E-state index is 13.1. The summed E-state index contributed by atoms with van der Waals surface area (Å²) in [6.45, 7) is 3.82. The molecule has 0 bridgehead atoms. The summed E-state index contributed by atoms with van der Waals surface area (Å²) in [4.78, 5) is 28.5. The van der Waals surface area contributed by atoms with Gasteiger partial charge in [0, 0.05) is 17.1 Å². The fourth-order valence-electron chi connectivity index (χ4n) is 3.40. The smallest absolute Gasteiger partial charge is 0.337 e. The molecular formula is C23H17ClFN3O3S. The largest absolute Gasteiger partial charge is 0.478 e. The van der Waals surface area contributed by atoms with Crippen molar-refractivity contribution >= 4 is 52.2 Å². The normalized spacial score (nSPS) is 16.1. The minimum Gasteiger partial charge on any atom is -0.478 e. The Bertz CT molecular complexity index is 1310. The van der Waals surface area contributed by atoms with Crippen molar-refractivity contribution in [3.05, 3.63) is 86.8 Å². The minimum atomic E-state index is -1.09. The summed E-state index contributed by atoms with van der Waals surface area (Å²) in [5.74, 6) is -1.71. The van der Waals surface area contributed by atoms with Crippen LogP contribution in [0.2, 0.25) is 5.02 Å². The lowest BCUT2D eigenvalue weighted by Gasteiger charge is -2.11. The molecule has 9 heteroatoms. The van der Waals surface area contributed by atoms with Gasteiger partial charge in [0.2, 0.25) is 0 Å². The number of nitrogens with zero attached hydrogens (tertiary/aromatic N) is 2. The van der Waals surface area contributed by atoms with Gasteiger partial charge in [0.05, 0.1) is 21.2 Å². The van der Waals surface area contributed by atoms with Crippen LogP contribution in [0.1, 0.15) is 27.3 Å². The minimum absolute atomic E-state index is 0.0345. The lowest BCUT2D eigenvalue weighted by Crippen LogP contribution is -2.19. The average molecular weight is 470 g/mol. The summed E-state index contributed by atoms with van der Waals surface area (Å²) >= 11 is 7.34. The molecule has 2 N–H and O–H groups in total. The molecule has 2 heterocycles. The number of aromatic carboxylic acids is 1. The number of aryl methyl sites for hydroxylation is 1. The first-order valence-electron chi connectivity index (χ1n) is 9.50. The third kappa shape index (κ3) is 4.32. The van der Waals surface area contributed by atoms with Crippen LogP contribution in [0.3, 0.4) is 0 Å². The van der Waals surface area contributed by atoms with Gasteiger partial charge >= 0.3 is 5.97 Å². The number of hydrogen-bond donors (Lipinski definition) is 2. The molecule has 1 aliphatic heterocycles. The van der Waals surface area contributed by atoms with Gasteiger partial charge in [0.25, 0.3) is 5.91 Å². The molecule has 1 aliphatic rings. The Morgan fingerprint density at radius 2 is 1.91 bits per heavy atom. The zero-order valence-electron chi connectivity index (χ0n) is 17.0. The van der Waals surface area contributed by atoms with Crippen molar-refractivity contribution < 1.29 is 19.1 Å². The van der Waals surface area contributed by atoms with Crippen LogP contribution in [0.25, 0.3) is 11.8 Å². The van der Waals surface area contributed by atoms with E-state index in [0.29, 0.717) is 15.8 Å². The van der Waals surface area contributed by atoms with E-state index in [9.17, 15) is 19.1 Å². The van der Waals surface area contributed by atoms with E-state index >= 15 is 0 Å². The molecule has 1 saturated heterocycles. The van der Waals surface area contributed by atoms with Crippen LogP contribution < -0.4 is 5.32 Å². The highest BCUT2D eigenvalue weighted by molar-refractivity contribution is 8.18. The Balaban J connectivity index is 1.64. The van der Waals surface area contributed by atoms with Crippen LogP contribution in [0.15, 0.2) is 58.4 Å². The van der Waals surface area contributed by atoms with Gasteiger partial charge in [0.1, 0.15) is 5.82 Å². The number of thioether (sulfide) groups is 1. The number of halogens is 2. The predicted molar refractivity (Wildman–Crippen MR) is 124 cm³/mol. The number of hydrogen-bond acceptors (Lipinski definition) is 4. The Morgan fingerprint density at radius 1 is 1.19 bits per heavy atom. The van der Waals surface area contributed by atoms with Crippen LogP contribution in [-0.4, -0.2) is 26.7 Å². The van der Waals surface area contributed by atoms with Crippen LogP contribution in [0.5, 0.6) is 0 Å². The number of carbonyl (C=O) groups is 2. The molecular weight excluding hydrogens is 453 g/mol. The molecule has 162 valence electrons.